The summed E-state index contributed by atoms with van der Waals surface area (Å²) >= 11 is 0. The van der Waals surface area contributed by atoms with Crippen molar-refractivity contribution in [1.29, 1.82) is 0 Å². The van der Waals surface area contributed by atoms with E-state index in [1.165, 1.54) is 20.3 Å². The molecular weight excluding hydrogens is 222 g/mol. The number of ether oxygens (including phenoxy) is 2. The van der Waals surface area contributed by atoms with E-state index in [1.54, 1.807) is 18.2 Å². The average Bonchev–Trinajstić information content (AvgIpc) is 2.35. The number of aromatic hydroxyl groups is 1. The van der Waals surface area contributed by atoms with Crippen LogP contribution in [0.3, 0.4) is 0 Å². The molecule has 0 radical (unpaired) electrons. The highest BCUT2D eigenvalue weighted by Gasteiger charge is 2.08. The molecule has 1 N–H and O–H groups in total. The molecule has 6 nitrogen and oxygen atoms in total. The number of phenolic OH excluding ortho intramolecular Hbond substituents is 1. The van der Waals surface area contributed by atoms with Crippen LogP contribution >= 0.6 is 0 Å². The van der Waals surface area contributed by atoms with Crippen LogP contribution in [0.5, 0.6) is 17.2 Å². The number of azide groups is 1. The first kappa shape index (κ1) is 12.7. The van der Waals surface area contributed by atoms with Gasteiger partial charge < -0.3 is 14.6 Å². The molecule has 0 bridgehead atoms. The number of benzene rings is 1. The van der Waals surface area contributed by atoms with Crippen LogP contribution in [-0.4, -0.2) is 25.9 Å². The summed E-state index contributed by atoms with van der Waals surface area (Å²) in [6, 6.07) is 3.14. The van der Waals surface area contributed by atoms with Crippen molar-refractivity contribution in [3.8, 4) is 17.2 Å². The third kappa shape index (κ3) is 3.32. The minimum Gasteiger partial charge on any atom is -0.507 e. The molecular formula is C11H13N3O3. The lowest BCUT2D eigenvalue weighted by molar-refractivity contribution is 0.384. The first-order chi connectivity index (χ1) is 8.22. The molecule has 1 aromatic rings. The van der Waals surface area contributed by atoms with E-state index in [0.717, 1.165) is 0 Å². The molecule has 90 valence electrons. The number of nitrogens with zero attached hydrogens (tertiary/aromatic N) is 3. The van der Waals surface area contributed by atoms with Crippen LogP contribution in [0, 0.1) is 0 Å². The average molecular weight is 235 g/mol. The lowest BCUT2D eigenvalue weighted by atomic mass is 10.1. The molecule has 0 aliphatic carbocycles. The standard InChI is InChI=1S/C11H13N3O3/c1-16-8-6-10(15)9(11(7-8)17-2)4-3-5-13-14-12/h3-4,6-7,15H,5H2,1-2H3. The first-order valence-corrected chi connectivity index (χ1v) is 4.85. The Morgan fingerprint density at radius 2 is 2.18 bits per heavy atom. The van der Waals surface area contributed by atoms with E-state index < -0.39 is 0 Å². The summed E-state index contributed by atoms with van der Waals surface area (Å²) in [4.78, 5) is 2.62. The highest BCUT2D eigenvalue weighted by molar-refractivity contribution is 5.66. The largest absolute Gasteiger partial charge is 0.507 e. The second-order valence-corrected chi connectivity index (χ2v) is 3.08. The topological polar surface area (TPSA) is 87.5 Å². The van der Waals surface area contributed by atoms with Crippen LogP contribution in [0.2, 0.25) is 0 Å². The Kier molecular flexibility index (Phi) is 4.72. The monoisotopic (exact) mass is 235 g/mol. The minimum atomic E-state index is 0.0402. The van der Waals surface area contributed by atoms with Crippen LogP contribution in [0.25, 0.3) is 16.5 Å². The van der Waals surface area contributed by atoms with Gasteiger partial charge in [-0.2, -0.15) is 0 Å². The second kappa shape index (κ2) is 6.30. The summed E-state index contributed by atoms with van der Waals surface area (Å²) in [5, 5.41) is 13.1. The zero-order chi connectivity index (χ0) is 12.7. The molecule has 0 saturated heterocycles. The fourth-order valence-corrected chi connectivity index (χ4v) is 1.30. The lowest BCUT2D eigenvalue weighted by Crippen LogP contribution is -1.90. The molecule has 0 heterocycles. The van der Waals surface area contributed by atoms with Gasteiger partial charge in [-0.15, -0.1) is 0 Å². The number of methoxy groups -OCH3 is 2. The van der Waals surface area contributed by atoms with Gasteiger partial charge in [-0.3, -0.25) is 0 Å². The Hall–Kier alpha value is -2.33. The van der Waals surface area contributed by atoms with Crippen LogP contribution in [0.1, 0.15) is 5.56 Å². The van der Waals surface area contributed by atoms with E-state index in [4.69, 9.17) is 15.0 Å². The van der Waals surface area contributed by atoms with Gasteiger partial charge in [-0.25, -0.2) is 0 Å². The van der Waals surface area contributed by atoms with Crippen molar-refractivity contribution in [2.24, 2.45) is 5.11 Å². The first-order valence-electron chi connectivity index (χ1n) is 4.85. The van der Waals surface area contributed by atoms with Gasteiger partial charge in [0, 0.05) is 23.6 Å². The normalized spacial score (nSPS) is 10.0. The van der Waals surface area contributed by atoms with Gasteiger partial charge in [0.05, 0.1) is 19.8 Å². The van der Waals surface area contributed by atoms with Crippen LogP contribution < -0.4 is 9.47 Å². The predicted molar refractivity (Wildman–Crippen MR) is 64.3 cm³/mol. The molecule has 0 unspecified atom stereocenters. The Labute approximate surface area is 98.7 Å². The molecule has 17 heavy (non-hydrogen) atoms. The molecule has 6 heteroatoms. The van der Waals surface area contributed by atoms with E-state index >= 15 is 0 Å². The summed E-state index contributed by atoms with van der Waals surface area (Å²) in [6.07, 6.45) is 3.26. The van der Waals surface area contributed by atoms with Gasteiger partial charge in [0.1, 0.15) is 17.2 Å². The number of hydrogen-bond acceptors (Lipinski definition) is 4. The molecule has 0 aliphatic rings. The lowest BCUT2D eigenvalue weighted by Gasteiger charge is -2.09. The van der Waals surface area contributed by atoms with Crippen molar-refractivity contribution >= 4 is 6.08 Å². The van der Waals surface area contributed by atoms with Gasteiger partial charge in [0.25, 0.3) is 0 Å². The Morgan fingerprint density at radius 3 is 2.76 bits per heavy atom. The van der Waals surface area contributed by atoms with Crippen LogP contribution in [0.15, 0.2) is 23.3 Å². The quantitative estimate of drug-likeness (QED) is 0.483. The second-order valence-electron chi connectivity index (χ2n) is 3.08. The van der Waals surface area contributed by atoms with Crippen LogP contribution in [0.4, 0.5) is 0 Å². The van der Waals surface area contributed by atoms with Crippen LogP contribution in [-0.2, 0) is 0 Å². The Balaban J connectivity index is 3.05. The molecule has 0 spiro atoms. The highest BCUT2D eigenvalue weighted by Crippen LogP contribution is 2.34. The van der Waals surface area contributed by atoms with Crippen molar-refractivity contribution in [3.63, 3.8) is 0 Å². The molecule has 0 aromatic heterocycles. The Morgan fingerprint density at radius 1 is 1.41 bits per heavy atom. The van der Waals surface area contributed by atoms with E-state index in [0.29, 0.717) is 17.1 Å². The fourth-order valence-electron chi connectivity index (χ4n) is 1.30. The predicted octanol–water partition coefficient (Wildman–Crippen LogP) is 2.73. The van der Waals surface area contributed by atoms with Crippen molar-refractivity contribution in [2.45, 2.75) is 0 Å². The Bertz CT molecular complexity index is 465. The molecule has 0 amide bonds. The number of rotatable bonds is 5. The zero-order valence-corrected chi connectivity index (χ0v) is 9.62. The summed E-state index contributed by atoms with van der Waals surface area (Å²) in [5.74, 6) is 1.03. The van der Waals surface area contributed by atoms with E-state index in [2.05, 4.69) is 10.0 Å². The van der Waals surface area contributed by atoms with Gasteiger partial charge in [-0.05, 0) is 5.53 Å². The molecule has 0 fully saturated rings. The SMILES string of the molecule is COc1cc(O)c(C=CCN=[N+]=[N-])c(OC)c1. The molecule has 1 aromatic carbocycles. The van der Waals surface area contributed by atoms with Crippen molar-refractivity contribution in [2.75, 3.05) is 20.8 Å². The molecule has 1 rings (SSSR count). The maximum absolute atomic E-state index is 9.78. The van der Waals surface area contributed by atoms with E-state index in [-0.39, 0.29) is 12.3 Å². The minimum absolute atomic E-state index is 0.0402. The maximum atomic E-state index is 9.78. The third-order valence-corrected chi connectivity index (χ3v) is 2.08. The third-order valence-electron chi connectivity index (χ3n) is 2.08. The molecule has 0 aliphatic heterocycles. The highest BCUT2D eigenvalue weighted by atomic mass is 16.5. The van der Waals surface area contributed by atoms with Gasteiger partial charge in [-0.1, -0.05) is 17.3 Å². The van der Waals surface area contributed by atoms with Crippen molar-refractivity contribution in [1.82, 2.24) is 0 Å². The molecule has 0 atom stereocenters. The van der Waals surface area contributed by atoms with Gasteiger partial charge >= 0.3 is 0 Å². The maximum Gasteiger partial charge on any atom is 0.133 e. The molecule has 0 saturated carbocycles. The summed E-state index contributed by atoms with van der Waals surface area (Å²) in [5.41, 5.74) is 8.64. The van der Waals surface area contributed by atoms with Gasteiger partial charge in [0.15, 0.2) is 0 Å². The number of hydrogen-bond donors (Lipinski definition) is 1. The van der Waals surface area contributed by atoms with Gasteiger partial charge in [0.2, 0.25) is 0 Å². The summed E-state index contributed by atoms with van der Waals surface area (Å²) in [7, 11) is 3.00. The zero-order valence-electron chi connectivity index (χ0n) is 9.62. The fraction of sp³-hybridized carbons (Fsp3) is 0.273. The van der Waals surface area contributed by atoms with E-state index in [1.807, 2.05) is 0 Å². The van der Waals surface area contributed by atoms with E-state index in [9.17, 15) is 5.11 Å². The summed E-state index contributed by atoms with van der Waals surface area (Å²) in [6.45, 7) is 0.213. The van der Waals surface area contributed by atoms with Crippen molar-refractivity contribution < 1.29 is 14.6 Å². The summed E-state index contributed by atoms with van der Waals surface area (Å²) < 4.78 is 10.1. The smallest absolute Gasteiger partial charge is 0.133 e. The number of phenols is 1. The van der Waals surface area contributed by atoms with Crippen molar-refractivity contribution in [3.05, 3.63) is 34.2 Å².